The van der Waals surface area contributed by atoms with Gasteiger partial charge in [0, 0.05) is 45.3 Å². The second kappa shape index (κ2) is 10.9. The number of hydrogen-bond donors (Lipinski definition) is 2. The molecule has 1 aromatic rings. The standard InChI is InChI=1S/C22H31N3O4.CH2O2/c1-16-3-2-8-23-19(16)13-20(27)25-11-6-22(7-12-25)14-18(29-21(22)28)15-24-9-4-17(26)5-10-24;2-1-3/h2-3,8,17-18,26H,4-7,9-15H2,1H3;1H,(H,2,3). The van der Waals surface area contributed by atoms with E-state index in [1.807, 2.05) is 24.0 Å². The Morgan fingerprint density at radius 3 is 2.56 bits per heavy atom. The van der Waals surface area contributed by atoms with Gasteiger partial charge in [0.2, 0.25) is 5.91 Å². The number of carboxylic acid groups (broad SMARTS) is 1. The zero-order valence-electron chi connectivity index (χ0n) is 18.6. The Bertz CT molecular complexity index is 801. The summed E-state index contributed by atoms with van der Waals surface area (Å²) in [5.74, 6) is -0.0105. The van der Waals surface area contributed by atoms with Gasteiger partial charge in [0.05, 0.1) is 23.6 Å². The zero-order valence-corrected chi connectivity index (χ0v) is 18.6. The van der Waals surface area contributed by atoms with Crippen molar-refractivity contribution in [3.05, 3.63) is 29.6 Å². The van der Waals surface area contributed by atoms with E-state index in [-0.39, 0.29) is 30.6 Å². The first-order valence-corrected chi connectivity index (χ1v) is 11.2. The minimum atomic E-state index is -0.433. The van der Waals surface area contributed by atoms with Crippen molar-refractivity contribution in [1.82, 2.24) is 14.8 Å². The van der Waals surface area contributed by atoms with Gasteiger partial charge in [-0.2, -0.15) is 0 Å². The summed E-state index contributed by atoms with van der Waals surface area (Å²) in [4.78, 5) is 42.2. The van der Waals surface area contributed by atoms with E-state index in [1.165, 1.54) is 0 Å². The van der Waals surface area contributed by atoms with Crippen LogP contribution in [0.2, 0.25) is 0 Å². The van der Waals surface area contributed by atoms with Gasteiger partial charge in [-0.25, -0.2) is 0 Å². The number of aryl methyl sites for hydroxylation is 1. The molecule has 3 aliphatic rings. The van der Waals surface area contributed by atoms with E-state index < -0.39 is 5.41 Å². The molecule has 1 spiro atoms. The third-order valence-corrected chi connectivity index (χ3v) is 6.85. The van der Waals surface area contributed by atoms with Crippen molar-refractivity contribution in [2.75, 3.05) is 32.7 Å². The summed E-state index contributed by atoms with van der Waals surface area (Å²) >= 11 is 0. The molecule has 176 valence electrons. The fraction of sp³-hybridized carbons (Fsp3) is 0.652. The van der Waals surface area contributed by atoms with Crippen LogP contribution in [0.1, 0.15) is 43.4 Å². The SMILES string of the molecule is Cc1cccnc1CC(=O)N1CCC2(CC1)CC(CN1CCC(O)CC1)OC2=O.O=CO. The van der Waals surface area contributed by atoms with Crippen LogP contribution in [-0.2, 0) is 25.5 Å². The fourth-order valence-corrected chi connectivity index (χ4v) is 4.88. The summed E-state index contributed by atoms with van der Waals surface area (Å²) < 4.78 is 5.73. The molecule has 0 radical (unpaired) electrons. The number of likely N-dealkylation sites (tertiary alicyclic amines) is 2. The lowest BCUT2D eigenvalue weighted by atomic mass is 9.76. The normalized spacial score (nSPS) is 23.4. The molecule has 1 aromatic heterocycles. The molecule has 9 heteroatoms. The number of nitrogens with zero attached hydrogens (tertiary/aromatic N) is 3. The van der Waals surface area contributed by atoms with Crippen LogP contribution < -0.4 is 0 Å². The van der Waals surface area contributed by atoms with Crippen LogP contribution in [0.5, 0.6) is 0 Å². The Balaban J connectivity index is 0.000000913. The van der Waals surface area contributed by atoms with Crippen molar-refractivity contribution in [3.8, 4) is 0 Å². The molecule has 32 heavy (non-hydrogen) atoms. The molecule has 1 amide bonds. The number of ether oxygens (including phenoxy) is 1. The quantitative estimate of drug-likeness (QED) is 0.518. The fourth-order valence-electron chi connectivity index (χ4n) is 4.88. The molecular formula is C23H33N3O6. The van der Waals surface area contributed by atoms with Crippen molar-refractivity contribution >= 4 is 18.3 Å². The Kier molecular flexibility index (Phi) is 8.20. The predicted molar refractivity (Wildman–Crippen MR) is 116 cm³/mol. The van der Waals surface area contributed by atoms with Crippen LogP contribution >= 0.6 is 0 Å². The van der Waals surface area contributed by atoms with Gasteiger partial charge in [-0.05, 0) is 44.2 Å². The number of carbonyl (C=O) groups is 3. The number of rotatable bonds is 4. The van der Waals surface area contributed by atoms with Crippen LogP contribution in [0.4, 0.5) is 0 Å². The van der Waals surface area contributed by atoms with Gasteiger partial charge >= 0.3 is 5.97 Å². The minimum Gasteiger partial charge on any atom is -0.483 e. The maximum Gasteiger partial charge on any atom is 0.312 e. The van der Waals surface area contributed by atoms with Gasteiger partial charge in [0.15, 0.2) is 0 Å². The smallest absolute Gasteiger partial charge is 0.312 e. The maximum atomic E-state index is 12.7. The topological polar surface area (TPSA) is 120 Å². The summed E-state index contributed by atoms with van der Waals surface area (Å²) in [5.41, 5.74) is 1.42. The van der Waals surface area contributed by atoms with Gasteiger partial charge in [-0.3, -0.25) is 24.3 Å². The number of amides is 1. The van der Waals surface area contributed by atoms with Crippen LogP contribution in [0.3, 0.4) is 0 Å². The Labute approximate surface area is 188 Å². The zero-order chi connectivity index (χ0) is 23.1. The molecule has 0 saturated carbocycles. The molecule has 3 saturated heterocycles. The third kappa shape index (κ3) is 5.83. The first-order valence-electron chi connectivity index (χ1n) is 11.2. The van der Waals surface area contributed by atoms with Crippen molar-refractivity contribution in [3.63, 3.8) is 0 Å². The lowest BCUT2D eigenvalue weighted by Gasteiger charge is -2.36. The molecule has 2 N–H and O–H groups in total. The second-order valence-electron chi connectivity index (χ2n) is 8.97. The van der Waals surface area contributed by atoms with Crippen LogP contribution in [0.25, 0.3) is 0 Å². The van der Waals surface area contributed by atoms with E-state index in [4.69, 9.17) is 14.6 Å². The largest absolute Gasteiger partial charge is 0.483 e. The average Bonchev–Trinajstić information content (AvgIpc) is 3.06. The van der Waals surface area contributed by atoms with Gasteiger partial charge in [-0.1, -0.05) is 6.07 Å². The van der Waals surface area contributed by atoms with E-state index in [0.717, 1.165) is 50.2 Å². The van der Waals surface area contributed by atoms with Crippen molar-refractivity contribution < 1.29 is 29.3 Å². The van der Waals surface area contributed by atoms with Crippen molar-refractivity contribution in [2.45, 2.75) is 57.7 Å². The number of pyridine rings is 1. The summed E-state index contributed by atoms with van der Waals surface area (Å²) in [7, 11) is 0. The lowest BCUT2D eigenvalue weighted by molar-refractivity contribution is -0.153. The molecule has 1 atom stereocenters. The van der Waals surface area contributed by atoms with Gasteiger partial charge in [-0.15, -0.1) is 0 Å². The van der Waals surface area contributed by atoms with Gasteiger partial charge < -0.3 is 19.8 Å². The van der Waals surface area contributed by atoms with Gasteiger partial charge in [0.25, 0.3) is 6.47 Å². The summed E-state index contributed by atoms with van der Waals surface area (Å²) in [6.07, 6.45) is 5.44. The Morgan fingerprint density at radius 2 is 1.94 bits per heavy atom. The van der Waals surface area contributed by atoms with E-state index in [1.54, 1.807) is 6.20 Å². The van der Waals surface area contributed by atoms with Gasteiger partial charge in [0.1, 0.15) is 6.10 Å². The van der Waals surface area contributed by atoms with E-state index >= 15 is 0 Å². The summed E-state index contributed by atoms with van der Waals surface area (Å²) in [5, 5.41) is 16.5. The molecule has 0 aliphatic carbocycles. The molecule has 0 bridgehead atoms. The first-order chi connectivity index (χ1) is 15.4. The molecule has 4 heterocycles. The summed E-state index contributed by atoms with van der Waals surface area (Å²) in [6.45, 7) is 5.39. The van der Waals surface area contributed by atoms with Crippen molar-refractivity contribution in [1.29, 1.82) is 0 Å². The molecular weight excluding hydrogens is 414 g/mol. The highest BCUT2D eigenvalue weighted by molar-refractivity contribution is 5.81. The molecule has 9 nitrogen and oxygen atoms in total. The highest BCUT2D eigenvalue weighted by Crippen LogP contribution is 2.43. The highest BCUT2D eigenvalue weighted by atomic mass is 16.6. The number of cyclic esters (lactones) is 1. The number of aliphatic hydroxyl groups is 1. The minimum absolute atomic E-state index is 0.0730. The number of piperidine rings is 2. The summed E-state index contributed by atoms with van der Waals surface area (Å²) in [6, 6.07) is 3.85. The van der Waals surface area contributed by atoms with Crippen molar-refractivity contribution in [2.24, 2.45) is 5.41 Å². The second-order valence-corrected chi connectivity index (χ2v) is 8.97. The van der Waals surface area contributed by atoms with E-state index in [2.05, 4.69) is 9.88 Å². The first kappa shape index (κ1) is 24.1. The number of aliphatic hydroxyl groups excluding tert-OH is 1. The number of aromatic nitrogens is 1. The number of esters is 1. The average molecular weight is 448 g/mol. The molecule has 0 aromatic carbocycles. The maximum absolute atomic E-state index is 12.7. The number of hydrogen-bond acceptors (Lipinski definition) is 7. The van der Waals surface area contributed by atoms with Crippen LogP contribution in [0.15, 0.2) is 18.3 Å². The number of carbonyl (C=O) groups excluding carboxylic acids is 2. The van der Waals surface area contributed by atoms with E-state index in [9.17, 15) is 14.7 Å². The molecule has 3 aliphatic heterocycles. The Hall–Kier alpha value is -2.52. The molecule has 1 unspecified atom stereocenters. The highest BCUT2D eigenvalue weighted by Gasteiger charge is 2.51. The van der Waals surface area contributed by atoms with E-state index in [0.29, 0.717) is 32.4 Å². The predicted octanol–water partition coefficient (Wildman–Crippen LogP) is 1.01. The molecule has 3 fully saturated rings. The lowest BCUT2D eigenvalue weighted by Crippen LogP contribution is -2.45. The van der Waals surface area contributed by atoms with Crippen LogP contribution in [0, 0.1) is 12.3 Å². The monoisotopic (exact) mass is 447 g/mol. The molecule has 4 rings (SSSR count). The van der Waals surface area contributed by atoms with Crippen LogP contribution in [-0.4, -0.2) is 88.3 Å². The Morgan fingerprint density at radius 1 is 1.28 bits per heavy atom. The third-order valence-electron chi connectivity index (χ3n) is 6.85.